The summed E-state index contributed by atoms with van der Waals surface area (Å²) in [6.07, 6.45) is 11.4. The fraction of sp³-hybridized carbons (Fsp3) is 1.00. The fourth-order valence-electron chi connectivity index (χ4n) is 5.11. The van der Waals surface area contributed by atoms with Crippen LogP contribution in [-0.2, 0) is 0 Å². The highest BCUT2D eigenvalue weighted by Crippen LogP contribution is 2.41. The van der Waals surface area contributed by atoms with Crippen molar-refractivity contribution in [1.29, 1.82) is 0 Å². The van der Waals surface area contributed by atoms with Gasteiger partial charge >= 0.3 is 0 Å². The normalized spacial score (nSPS) is 39.5. The number of piperazine rings is 1. The van der Waals surface area contributed by atoms with E-state index in [1.807, 2.05) is 0 Å². The van der Waals surface area contributed by atoms with Crippen molar-refractivity contribution >= 4 is 0 Å². The minimum absolute atomic E-state index is 0.530. The summed E-state index contributed by atoms with van der Waals surface area (Å²) in [7, 11) is 0. The topological polar surface area (TPSA) is 6.48 Å². The van der Waals surface area contributed by atoms with Gasteiger partial charge in [0.15, 0.2) is 0 Å². The molecule has 2 aliphatic heterocycles. The smallest absolute Gasteiger partial charge is 0.0224 e. The molecule has 2 heterocycles. The van der Waals surface area contributed by atoms with E-state index in [0.29, 0.717) is 5.41 Å². The zero-order valence-corrected chi connectivity index (χ0v) is 13.9. The number of piperidine rings is 1. The van der Waals surface area contributed by atoms with Gasteiger partial charge in [0.25, 0.3) is 0 Å². The molecule has 1 saturated carbocycles. The Bertz CT molecular complexity index is 325. The highest BCUT2D eigenvalue weighted by atomic mass is 15.3. The van der Waals surface area contributed by atoms with Gasteiger partial charge in [-0.2, -0.15) is 0 Å². The molecule has 0 N–H and O–H groups in total. The molecule has 0 spiro atoms. The van der Waals surface area contributed by atoms with Crippen LogP contribution in [0.25, 0.3) is 0 Å². The number of hydrogen-bond donors (Lipinski definition) is 0. The van der Waals surface area contributed by atoms with Gasteiger partial charge < -0.3 is 0 Å². The van der Waals surface area contributed by atoms with Crippen LogP contribution in [0.2, 0.25) is 0 Å². The average molecular weight is 278 g/mol. The van der Waals surface area contributed by atoms with Gasteiger partial charge in [-0.05, 0) is 44.1 Å². The van der Waals surface area contributed by atoms with Gasteiger partial charge in [-0.25, -0.2) is 0 Å². The van der Waals surface area contributed by atoms with E-state index in [1.165, 1.54) is 71.0 Å². The Morgan fingerprint density at radius 3 is 2.55 bits per heavy atom. The van der Waals surface area contributed by atoms with Crippen LogP contribution in [0.15, 0.2) is 0 Å². The van der Waals surface area contributed by atoms with Gasteiger partial charge in [-0.15, -0.1) is 0 Å². The van der Waals surface area contributed by atoms with Crippen molar-refractivity contribution in [2.75, 3.05) is 19.6 Å². The molecule has 3 unspecified atom stereocenters. The number of nitrogens with zero attached hydrogens (tertiary/aromatic N) is 2. The van der Waals surface area contributed by atoms with Gasteiger partial charge in [0.2, 0.25) is 0 Å². The molecule has 0 aromatic heterocycles. The summed E-state index contributed by atoms with van der Waals surface area (Å²) in [5, 5.41) is 0. The Hall–Kier alpha value is -0.0800. The quantitative estimate of drug-likeness (QED) is 0.756. The predicted molar refractivity (Wildman–Crippen MR) is 86.0 cm³/mol. The molecule has 0 aromatic carbocycles. The number of rotatable bonds is 2. The molecule has 1 aliphatic carbocycles. The summed E-state index contributed by atoms with van der Waals surface area (Å²) in [4.78, 5) is 5.76. The molecular weight excluding hydrogens is 244 g/mol. The molecule has 0 radical (unpaired) electrons. The summed E-state index contributed by atoms with van der Waals surface area (Å²) in [5.74, 6) is 0. The van der Waals surface area contributed by atoms with Gasteiger partial charge in [0, 0.05) is 31.2 Å². The van der Waals surface area contributed by atoms with E-state index in [-0.39, 0.29) is 0 Å². The average Bonchev–Trinajstić information content (AvgIpc) is 2.45. The van der Waals surface area contributed by atoms with E-state index in [2.05, 4.69) is 30.6 Å². The largest absolute Gasteiger partial charge is 0.298 e. The lowest BCUT2D eigenvalue weighted by atomic mass is 9.71. The van der Waals surface area contributed by atoms with E-state index >= 15 is 0 Å². The summed E-state index contributed by atoms with van der Waals surface area (Å²) >= 11 is 0. The summed E-state index contributed by atoms with van der Waals surface area (Å²) < 4.78 is 0. The fourth-order valence-corrected chi connectivity index (χ4v) is 5.11. The maximum atomic E-state index is 2.95. The first-order valence-electron chi connectivity index (χ1n) is 9.11. The highest BCUT2D eigenvalue weighted by molar-refractivity contribution is 4.98. The first-order valence-corrected chi connectivity index (χ1v) is 9.11. The zero-order valence-electron chi connectivity index (χ0n) is 13.9. The van der Waals surface area contributed by atoms with E-state index in [9.17, 15) is 0 Å². The molecule has 3 atom stereocenters. The summed E-state index contributed by atoms with van der Waals surface area (Å²) in [6, 6.07) is 2.52. The highest BCUT2D eigenvalue weighted by Gasteiger charge is 2.43. The minimum atomic E-state index is 0.530. The van der Waals surface area contributed by atoms with Crippen molar-refractivity contribution in [2.45, 2.75) is 90.3 Å². The predicted octanol–water partition coefficient (Wildman–Crippen LogP) is 3.90. The van der Waals surface area contributed by atoms with Crippen molar-refractivity contribution in [3.8, 4) is 0 Å². The summed E-state index contributed by atoms with van der Waals surface area (Å²) in [5.41, 5.74) is 0.530. The molecule has 20 heavy (non-hydrogen) atoms. The Labute approximate surface area is 125 Å². The van der Waals surface area contributed by atoms with Crippen LogP contribution in [0.1, 0.15) is 72.1 Å². The molecule has 0 aromatic rings. The third kappa shape index (κ3) is 2.78. The molecule has 116 valence electrons. The number of hydrogen-bond acceptors (Lipinski definition) is 2. The van der Waals surface area contributed by atoms with Crippen LogP contribution in [0.4, 0.5) is 0 Å². The second kappa shape index (κ2) is 5.96. The Morgan fingerprint density at radius 2 is 1.80 bits per heavy atom. The van der Waals surface area contributed by atoms with Crippen LogP contribution in [0, 0.1) is 5.41 Å². The monoisotopic (exact) mass is 278 g/mol. The van der Waals surface area contributed by atoms with Crippen LogP contribution < -0.4 is 0 Å². The van der Waals surface area contributed by atoms with Gasteiger partial charge in [-0.1, -0.05) is 40.0 Å². The molecule has 2 heteroatoms. The van der Waals surface area contributed by atoms with E-state index < -0.39 is 0 Å². The van der Waals surface area contributed by atoms with Crippen molar-refractivity contribution in [3.63, 3.8) is 0 Å². The van der Waals surface area contributed by atoms with Crippen LogP contribution >= 0.6 is 0 Å². The molecule has 3 rings (SSSR count). The first-order chi connectivity index (χ1) is 9.62. The standard InChI is InChI=1S/C18H34N2/c1-4-15-13-19-12-8-6-9-16(19)14-20(15)17-10-5-7-11-18(17,2)3/h15-17H,4-14H2,1-3H3. The lowest BCUT2D eigenvalue weighted by molar-refractivity contribution is -0.0574. The molecule has 2 saturated heterocycles. The molecule has 3 aliphatic rings. The zero-order chi connectivity index (χ0) is 14.2. The molecule has 0 bridgehead atoms. The second-order valence-corrected chi connectivity index (χ2v) is 8.15. The van der Waals surface area contributed by atoms with Gasteiger partial charge in [-0.3, -0.25) is 9.80 Å². The lowest BCUT2D eigenvalue weighted by Crippen LogP contribution is -2.64. The maximum Gasteiger partial charge on any atom is 0.0224 e. The maximum absolute atomic E-state index is 2.95. The van der Waals surface area contributed by atoms with Crippen molar-refractivity contribution in [2.24, 2.45) is 5.41 Å². The first kappa shape index (κ1) is 14.8. The lowest BCUT2D eigenvalue weighted by Gasteiger charge is -2.55. The molecular formula is C18H34N2. The van der Waals surface area contributed by atoms with Crippen LogP contribution in [0.3, 0.4) is 0 Å². The van der Waals surface area contributed by atoms with E-state index in [4.69, 9.17) is 0 Å². The van der Waals surface area contributed by atoms with Gasteiger partial charge in [0.1, 0.15) is 0 Å². The second-order valence-electron chi connectivity index (χ2n) is 8.15. The van der Waals surface area contributed by atoms with Crippen LogP contribution in [0.5, 0.6) is 0 Å². The molecule has 2 nitrogen and oxygen atoms in total. The minimum Gasteiger partial charge on any atom is -0.298 e. The van der Waals surface area contributed by atoms with Crippen molar-refractivity contribution in [3.05, 3.63) is 0 Å². The Morgan fingerprint density at radius 1 is 1.00 bits per heavy atom. The Balaban J connectivity index is 1.76. The third-order valence-corrected chi connectivity index (χ3v) is 6.41. The van der Waals surface area contributed by atoms with Crippen molar-refractivity contribution < 1.29 is 0 Å². The SMILES string of the molecule is CCC1CN2CCCCC2CN1C1CCCCC1(C)C. The number of fused-ring (bicyclic) bond motifs is 1. The summed E-state index contributed by atoms with van der Waals surface area (Å²) in [6.45, 7) is 11.5. The van der Waals surface area contributed by atoms with E-state index in [1.54, 1.807) is 0 Å². The molecule has 0 amide bonds. The molecule has 3 fully saturated rings. The van der Waals surface area contributed by atoms with Gasteiger partial charge in [0.05, 0.1) is 0 Å². The third-order valence-electron chi connectivity index (χ3n) is 6.41. The van der Waals surface area contributed by atoms with E-state index in [0.717, 1.165) is 18.1 Å². The van der Waals surface area contributed by atoms with Crippen molar-refractivity contribution in [1.82, 2.24) is 9.80 Å². The van der Waals surface area contributed by atoms with Crippen LogP contribution in [-0.4, -0.2) is 47.6 Å². The Kier molecular flexibility index (Phi) is 4.42.